The summed E-state index contributed by atoms with van der Waals surface area (Å²) >= 11 is 0. The van der Waals surface area contributed by atoms with Crippen LogP contribution in [0.2, 0.25) is 0 Å². The van der Waals surface area contributed by atoms with E-state index in [1.54, 1.807) is 18.2 Å². The molecule has 4 bridgehead atoms. The van der Waals surface area contributed by atoms with Gasteiger partial charge in [-0.1, -0.05) is 45.0 Å². The Labute approximate surface area is 290 Å². The van der Waals surface area contributed by atoms with Gasteiger partial charge >= 0.3 is 6.09 Å². The van der Waals surface area contributed by atoms with Crippen molar-refractivity contribution >= 4 is 28.0 Å². The van der Waals surface area contributed by atoms with Crippen molar-refractivity contribution in [1.82, 2.24) is 20.2 Å². The largest absolute Gasteiger partial charge is 0.475 e. The molecular weight excluding hydrogens is 643 g/mol. The number of hydrogen-bond acceptors (Lipinski definition) is 8. The highest BCUT2D eigenvalue weighted by Crippen LogP contribution is 2.36. The number of alkyl carbamates (subject to hydrolysis) is 1. The van der Waals surface area contributed by atoms with Gasteiger partial charge in [-0.2, -0.15) is 4.98 Å². The fourth-order valence-corrected chi connectivity index (χ4v) is 7.91. The van der Waals surface area contributed by atoms with Gasteiger partial charge < -0.3 is 19.7 Å². The molecule has 0 unspecified atom stereocenters. The molecule has 2 aromatic carbocycles. The summed E-state index contributed by atoms with van der Waals surface area (Å²) in [6, 6.07) is 13.2. The van der Waals surface area contributed by atoms with E-state index in [4.69, 9.17) is 9.47 Å². The molecule has 2 heterocycles. The molecule has 49 heavy (non-hydrogen) atoms. The number of benzene rings is 2. The molecule has 1 aliphatic heterocycles. The highest BCUT2D eigenvalue weighted by Gasteiger charge is 2.38. The number of carbonyl (C=O) groups excluding carboxylic acids is 2. The lowest BCUT2D eigenvalue weighted by molar-refractivity contribution is 0.0336. The van der Waals surface area contributed by atoms with Crippen LogP contribution in [0.3, 0.4) is 0 Å². The number of anilines is 1. The van der Waals surface area contributed by atoms with E-state index in [1.807, 2.05) is 57.7 Å². The molecule has 0 saturated heterocycles. The van der Waals surface area contributed by atoms with E-state index in [-0.39, 0.29) is 70.4 Å². The minimum Gasteiger partial charge on any atom is -0.475 e. The van der Waals surface area contributed by atoms with Crippen LogP contribution in [0.4, 0.5) is 10.7 Å². The summed E-state index contributed by atoms with van der Waals surface area (Å²) in [5, 5.41) is 2.93. The number of aryl methyl sites for hydroxylation is 2. The van der Waals surface area contributed by atoms with Crippen molar-refractivity contribution < 1.29 is 27.5 Å². The van der Waals surface area contributed by atoms with Gasteiger partial charge in [-0.05, 0) is 101 Å². The van der Waals surface area contributed by atoms with Crippen molar-refractivity contribution in [1.29, 1.82) is 0 Å². The summed E-state index contributed by atoms with van der Waals surface area (Å²) in [6.45, 7) is 16.1. The lowest BCUT2D eigenvalue weighted by Crippen LogP contribution is -2.52. The molecule has 5 rings (SSSR count). The van der Waals surface area contributed by atoms with Crippen molar-refractivity contribution in [3.05, 3.63) is 65.2 Å². The second-order valence-electron chi connectivity index (χ2n) is 15.0. The second kappa shape index (κ2) is 14.3. The van der Waals surface area contributed by atoms with Crippen molar-refractivity contribution in [3.63, 3.8) is 0 Å². The maximum atomic E-state index is 14.5. The zero-order valence-corrected chi connectivity index (χ0v) is 30.6. The van der Waals surface area contributed by atoms with Crippen molar-refractivity contribution in [2.24, 2.45) is 11.3 Å². The number of rotatable bonds is 7. The van der Waals surface area contributed by atoms with Crippen molar-refractivity contribution in [2.75, 3.05) is 11.3 Å². The molecule has 1 saturated carbocycles. The number of ether oxygens (including phenoxy) is 2. The number of carbonyl (C=O) groups is 2. The van der Waals surface area contributed by atoms with E-state index < -0.39 is 16.1 Å². The second-order valence-corrected chi connectivity index (χ2v) is 16.7. The van der Waals surface area contributed by atoms with E-state index in [1.165, 1.54) is 12.1 Å². The molecule has 12 heteroatoms. The number of hydrogen-bond donors (Lipinski definition) is 2. The summed E-state index contributed by atoms with van der Waals surface area (Å²) in [4.78, 5) is 37.5. The number of nitrogens with zero attached hydrogens (tertiary/aromatic N) is 3. The smallest absolute Gasteiger partial charge is 0.407 e. The average molecular weight is 692 g/mol. The first-order chi connectivity index (χ1) is 23.0. The van der Waals surface area contributed by atoms with E-state index >= 15 is 0 Å². The highest BCUT2D eigenvalue weighted by molar-refractivity contribution is 7.92. The molecule has 2 atom stereocenters. The number of sulfonamides is 1. The quantitative estimate of drug-likeness (QED) is 0.273. The Hall–Kier alpha value is -4.19. The Kier molecular flexibility index (Phi) is 10.6. The summed E-state index contributed by atoms with van der Waals surface area (Å²) < 4.78 is 41.6. The van der Waals surface area contributed by atoms with Gasteiger partial charge in [-0.15, -0.1) is 0 Å². The van der Waals surface area contributed by atoms with E-state index in [2.05, 4.69) is 40.8 Å². The van der Waals surface area contributed by atoms with E-state index in [9.17, 15) is 18.0 Å². The molecule has 2 amide bonds. The fraction of sp³-hybridized carbons (Fsp3) is 0.514. The molecule has 3 aromatic rings. The monoisotopic (exact) mass is 691 g/mol. The first kappa shape index (κ1) is 36.1. The molecule has 1 fully saturated rings. The van der Waals surface area contributed by atoms with Crippen molar-refractivity contribution in [3.8, 4) is 17.1 Å². The van der Waals surface area contributed by atoms with Crippen LogP contribution in [-0.4, -0.2) is 66.1 Å². The van der Waals surface area contributed by atoms with Gasteiger partial charge in [-0.3, -0.25) is 4.79 Å². The van der Waals surface area contributed by atoms with E-state index in [0.717, 1.165) is 29.5 Å². The molecular formula is C37H49N5O6S. The molecule has 1 aliphatic carbocycles. The summed E-state index contributed by atoms with van der Waals surface area (Å²) in [5.41, 5.74) is 3.44. The maximum absolute atomic E-state index is 14.5. The normalized spacial score (nSPS) is 21.2. The Morgan fingerprint density at radius 2 is 1.73 bits per heavy atom. The third-order valence-electron chi connectivity index (χ3n) is 9.01. The predicted molar refractivity (Wildman–Crippen MR) is 189 cm³/mol. The van der Waals surface area contributed by atoms with Gasteiger partial charge in [0.2, 0.25) is 11.8 Å². The lowest BCUT2D eigenvalue weighted by atomic mass is 9.76. The van der Waals surface area contributed by atoms with Crippen LogP contribution in [0.15, 0.2) is 53.4 Å². The molecule has 0 spiro atoms. The lowest BCUT2D eigenvalue weighted by Gasteiger charge is -2.43. The van der Waals surface area contributed by atoms with Crippen LogP contribution >= 0.6 is 0 Å². The Morgan fingerprint density at radius 1 is 1.06 bits per heavy atom. The van der Waals surface area contributed by atoms with Crippen LogP contribution in [0.5, 0.6) is 5.88 Å². The number of aromatic nitrogens is 2. The molecule has 0 radical (unpaired) electrons. The fourth-order valence-electron chi connectivity index (χ4n) is 6.92. The molecule has 2 aliphatic rings. The maximum Gasteiger partial charge on any atom is 0.407 e. The summed E-state index contributed by atoms with van der Waals surface area (Å²) in [7, 11) is -4.17. The number of nitrogens with one attached hydrogen (secondary N) is 2. The van der Waals surface area contributed by atoms with Gasteiger partial charge in [0, 0.05) is 29.3 Å². The average Bonchev–Trinajstić information content (AvgIpc) is 2.97. The van der Waals surface area contributed by atoms with Gasteiger partial charge in [0.15, 0.2) is 0 Å². The first-order valence-electron chi connectivity index (χ1n) is 17.0. The zero-order chi connectivity index (χ0) is 35.7. The molecule has 2 N–H and O–H groups in total. The van der Waals surface area contributed by atoms with Gasteiger partial charge in [0.25, 0.3) is 15.9 Å². The topological polar surface area (TPSA) is 140 Å². The molecule has 11 nitrogen and oxygen atoms in total. The SMILES string of the molecule is Cc1cccc(C)c1-c1cc2nc(n1)NS(=O)(=O)c1cccc(c1)C(=O)N([C@@H](C)CC1CC(NC(=O)OC(C)C)C1)[C@H](CC(C)(C)C)CO2. The van der Waals surface area contributed by atoms with Crippen LogP contribution in [0.25, 0.3) is 11.3 Å². The minimum atomic E-state index is -4.17. The van der Waals surface area contributed by atoms with Gasteiger partial charge in [-0.25, -0.2) is 22.9 Å². The summed E-state index contributed by atoms with van der Waals surface area (Å²) in [6.07, 6.45) is 2.28. The van der Waals surface area contributed by atoms with E-state index in [0.29, 0.717) is 18.5 Å². The minimum absolute atomic E-state index is 0.0235. The Balaban J connectivity index is 1.52. The standard InChI is InChI=1S/C37H49N5O6S/c1-22(2)48-36(44)38-28-16-26(17-28)15-25(5)42-29(20-37(6,7)8)21-47-32-19-31(33-23(3)11-9-12-24(33)4)39-35(40-32)41-49(45,46)30-14-10-13-27(18-30)34(42)43/h9-14,18-19,22,25-26,28-29H,15-17,20-21H2,1-8H3,(H,38,44)(H,39,40,41)/t25-,26?,28?,29+/m0/s1. The highest BCUT2D eigenvalue weighted by atomic mass is 32.2. The third-order valence-corrected chi connectivity index (χ3v) is 10.3. The number of fused-ring (bicyclic) bond motifs is 4. The van der Waals surface area contributed by atoms with Gasteiger partial charge in [0.05, 0.1) is 22.7 Å². The molecule has 1 aromatic heterocycles. The van der Waals surface area contributed by atoms with Crippen molar-refractivity contribution in [2.45, 2.75) is 110 Å². The predicted octanol–water partition coefficient (Wildman–Crippen LogP) is 6.89. The van der Waals surface area contributed by atoms with Gasteiger partial charge in [0.1, 0.15) is 6.61 Å². The zero-order valence-electron chi connectivity index (χ0n) is 29.7. The summed E-state index contributed by atoms with van der Waals surface area (Å²) in [5.74, 6) is 0.101. The first-order valence-corrected chi connectivity index (χ1v) is 18.5. The Morgan fingerprint density at radius 3 is 2.39 bits per heavy atom. The van der Waals surface area contributed by atoms with Crippen LogP contribution in [0.1, 0.15) is 88.7 Å². The van der Waals surface area contributed by atoms with Crippen LogP contribution < -0.4 is 14.8 Å². The van der Waals surface area contributed by atoms with Crippen LogP contribution in [0, 0.1) is 25.2 Å². The Bertz CT molecular complexity index is 1780. The molecule has 264 valence electrons. The third kappa shape index (κ3) is 8.89. The van der Waals surface area contributed by atoms with Crippen LogP contribution in [-0.2, 0) is 14.8 Å². The number of amides is 2.